The smallest absolute Gasteiger partial charge is 0.139 e. The van der Waals surface area contributed by atoms with E-state index in [-0.39, 0.29) is 0 Å². The summed E-state index contributed by atoms with van der Waals surface area (Å²) in [6, 6.07) is 6.08. The van der Waals surface area contributed by atoms with Crippen LogP contribution in [0.15, 0.2) is 29.0 Å². The van der Waals surface area contributed by atoms with E-state index in [9.17, 15) is 0 Å². The quantitative estimate of drug-likeness (QED) is 0.898. The normalized spacial score (nSPS) is 10.5. The van der Waals surface area contributed by atoms with Gasteiger partial charge in [0.25, 0.3) is 0 Å². The zero-order chi connectivity index (χ0) is 13.8. The Morgan fingerprint density at radius 3 is 2.79 bits per heavy atom. The Kier molecular flexibility index (Phi) is 4.37. The van der Waals surface area contributed by atoms with Gasteiger partial charge in [-0.15, -0.1) is 0 Å². The molecule has 19 heavy (non-hydrogen) atoms. The number of aryl methyl sites for hydroxylation is 1. The highest BCUT2D eigenvalue weighted by atomic mass is 79.9. The number of nitrogens with zero attached hydrogens (tertiary/aromatic N) is 2. The van der Waals surface area contributed by atoms with Crippen LogP contribution < -0.4 is 11.1 Å². The number of rotatable bonds is 4. The van der Waals surface area contributed by atoms with Gasteiger partial charge in [0.1, 0.15) is 18.0 Å². The van der Waals surface area contributed by atoms with E-state index in [0.717, 1.165) is 39.9 Å². The molecule has 0 aliphatic rings. The van der Waals surface area contributed by atoms with Crippen LogP contribution in [0.4, 0.5) is 17.3 Å². The molecule has 0 spiro atoms. The molecular weight excluding hydrogens is 304 g/mol. The fourth-order valence-electron chi connectivity index (χ4n) is 1.93. The van der Waals surface area contributed by atoms with Gasteiger partial charge in [0, 0.05) is 15.7 Å². The third kappa shape index (κ3) is 3.23. The van der Waals surface area contributed by atoms with Crippen molar-refractivity contribution in [2.45, 2.75) is 26.7 Å². The van der Waals surface area contributed by atoms with Crippen molar-refractivity contribution in [1.82, 2.24) is 9.97 Å². The van der Waals surface area contributed by atoms with Gasteiger partial charge >= 0.3 is 0 Å². The Morgan fingerprint density at radius 1 is 1.32 bits per heavy atom. The van der Waals surface area contributed by atoms with Gasteiger partial charge in [0.2, 0.25) is 0 Å². The van der Waals surface area contributed by atoms with Gasteiger partial charge in [-0.05, 0) is 37.1 Å². The summed E-state index contributed by atoms with van der Waals surface area (Å²) in [7, 11) is 0. The monoisotopic (exact) mass is 320 g/mol. The molecule has 0 unspecified atom stereocenters. The van der Waals surface area contributed by atoms with Gasteiger partial charge in [-0.3, -0.25) is 0 Å². The molecule has 0 atom stereocenters. The van der Waals surface area contributed by atoms with E-state index < -0.39 is 0 Å². The third-order valence-corrected chi connectivity index (χ3v) is 3.41. The third-order valence-electron chi connectivity index (χ3n) is 2.92. The van der Waals surface area contributed by atoms with E-state index in [1.807, 2.05) is 12.1 Å². The van der Waals surface area contributed by atoms with Crippen LogP contribution in [0.3, 0.4) is 0 Å². The summed E-state index contributed by atoms with van der Waals surface area (Å²) >= 11 is 3.46. The second-order valence-corrected chi connectivity index (χ2v) is 5.34. The van der Waals surface area contributed by atoms with Gasteiger partial charge in [0.05, 0.1) is 0 Å². The minimum absolute atomic E-state index is 0.550. The maximum Gasteiger partial charge on any atom is 0.139 e. The highest BCUT2D eigenvalue weighted by Crippen LogP contribution is 2.26. The van der Waals surface area contributed by atoms with Crippen molar-refractivity contribution < 1.29 is 0 Å². The number of halogens is 1. The van der Waals surface area contributed by atoms with E-state index in [1.165, 1.54) is 6.33 Å². The molecule has 0 saturated carbocycles. The molecule has 2 aromatic rings. The molecule has 5 heteroatoms. The molecule has 0 amide bonds. The van der Waals surface area contributed by atoms with Gasteiger partial charge in [-0.2, -0.15) is 0 Å². The van der Waals surface area contributed by atoms with E-state index >= 15 is 0 Å². The van der Waals surface area contributed by atoms with Gasteiger partial charge in [-0.1, -0.05) is 29.3 Å². The number of nitrogens with two attached hydrogens (primary N) is 1. The van der Waals surface area contributed by atoms with E-state index in [0.29, 0.717) is 5.82 Å². The van der Waals surface area contributed by atoms with Crippen LogP contribution >= 0.6 is 15.9 Å². The average Bonchev–Trinajstić information content (AvgIpc) is 2.37. The van der Waals surface area contributed by atoms with Crippen molar-refractivity contribution >= 4 is 33.3 Å². The Bertz CT molecular complexity index is 584. The second kappa shape index (κ2) is 6.02. The molecule has 1 aromatic carbocycles. The Morgan fingerprint density at radius 2 is 2.11 bits per heavy atom. The van der Waals surface area contributed by atoms with Crippen molar-refractivity contribution in [3.8, 4) is 0 Å². The molecule has 0 saturated heterocycles. The molecule has 1 aromatic heterocycles. The van der Waals surface area contributed by atoms with E-state index in [2.05, 4.69) is 51.1 Å². The fraction of sp³-hybridized carbons (Fsp3) is 0.286. The van der Waals surface area contributed by atoms with Crippen LogP contribution in [-0.4, -0.2) is 9.97 Å². The van der Waals surface area contributed by atoms with Crippen LogP contribution in [0, 0.1) is 6.92 Å². The molecule has 4 nitrogen and oxygen atoms in total. The zero-order valence-corrected chi connectivity index (χ0v) is 12.7. The summed E-state index contributed by atoms with van der Waals surface area (Å²) in [6.45, 7) is 4.16. The largest absolute Gasteiger partial charge is 0.383 e. The molecule has 2 rings (SSSR count). The number of anilines is 3. The van der Waals surface area contributed by atoms with Gasteiger partial charge < -0.3 is 11.1 Å². The number of benzene rings is 1. The first-order valence-electron chi connectivity index (χ1n) is 6.24. The van der Waals surface area contributed by atoms with Crippen LogP contribution in [0.5, 0.6) is 0 Å². The fourth-order valence-corrected chi connectivity index (χ4v) is 2.40. The molecule has 0 fully saturated rings. The second-order valence-electron chi connectivity index (χ2n) is 4.42. The van der Waals surface area contributed by atoms with Crippen LogP contribution in [0.2, 0.25) is 0 Å². The Hall–Kier alpha value is -1.62. The lowest BCUT2D eigenvalue weighted by atomic mass is 10.1. The van der Waals surface area contributed by atoms with Crippen molar-refractivity contribution in [1.29, 1.82) is 0 Å². The van der Waals surface area contributed by atoms with Crippen molar-refractivity contribution in [2.24, 2.45) is 0 Å². The van der Waals surface area contributed by atoms with Crippen LogP contribution in [0.25, 0.3) is 0 Å². The maximum absolute atomic E-state index is 5.92. The molecule has 0 radical (unpaired) electrons. The number of nitrogen functional groups attached to an aromatic ring is 1. The van der Waals surface area contributed by atoms with E-state index in [1.54, 1.807) is 0 Å². The molecule has 0 aliphatic carbocycles. The molecule has 1 heterocycles. The lowest BCUT2D eigenvalue weighted by Crippen LogP contribution is -2.05. The minimum Gasteiger partial charge on any atom is -0.383 e. The molecule has 0 bridgehead atoms. The first kappa shape index (κ1) is 13.8. The molecule has 3 N–H and O–H groups in total. The van der Waals surface area contributed by atoms with Crippen molar-refractivity contribution in [2.75, 3.05) is 11.1 Å². The first-order valence-corrected chi connectivity index (χ1v) is 7.03. The summed E-state index contributed by atoms with van der Waals surface area (Å²) in [5.41, 5.74) is 9.08. The highest BCUT2D eigenvalue weighted by Gasteiger charge is 2.09. The first-order chi connectivity index (χ1) is 9.11. The van der Waals surface area contributed by atoms with Gasteiger partial charge in [0.15, 0.2) is 0 Å². The number of aromatic nitrogens is 2. The lowest BCUT2D eigenvalue weighted by Gasteiger charge is -2.13. The van der Waals surface area contributed by atoms with Crippen molar-refractivity contribution in [3.63, 3.8) is 0 Å². The lowest BCUT2D eigenvalue weighted by molar-refractivity contribution is 0.908. The average molecular weight is 321 g/mol. The Labute approximate surface area is 121 Å². The summed E-state index contributed by atoms with van der Waals surface area (Å²) in [5.74, 6) is 1.34. The van der Waals surface area contributed by atoms with Gasteiger partial charge in [-0.25, -0.2) is 9.97 Å². The number of hydrogen-bond acceptors (Lipinski definition) is 4. The van der Waals surface area contributed by atoms with Crippen LogP contribution in [0.1, 0.15) is 24.5 Å². The predicted molar refractivity (Wildman–Crippen MR) is 82.6 cm³/mol. The molecule has 100 valence electrons. The Balaban J connectivity index is 2.35. The highest BCUT2D eigenvalue weighted by molar-refractivity contribution is 9.10. The van der Waals surface area contributed by atoms with Crippen LogP contribution in [-0.2, 0) is 6.42 Å². The standard InChI is InChI=1S/C14H17BrN4/c1-3-4-11-13(16)17-8-18-14(11)19-12-6-5-10(15)7-9(12)2/h5-8H,3-4H2,1-2H3,(H3,16,17,18,19). The molecular formula is C14H17BrN4. The summed E-state index contributed by atoms with van der Waals surface area (Å²) < 4.78 is 1.06. The summed E-state index contributed by atoms with van der Waals surface area (Å²) in [5, 5.41) is 3.34. The maximum atomic E-state index is 5.92. The number of nitrogens with one attached hydrogen (secondary N) is 1. The number of hydrogen-bond donors (Lipinski definition) is 2. The summed E-state index contributed by atoms with van der Waals surface area (Å²) in [4.78, 5) is 8.36. The van der Waals surface area contributed by atoms with Crippen molar-refractivity contribution in [3.05, 3.63) is 40.1 Å². The topological polar surface area (TPSA) is 63.8 Å². The molecule has 0 aliphatic heterocycles. The predicted octanol–water partition coefficient (Wildman–Crippen LogP) is 3.83. The summed E-state index contributed by atoms with van der Waals surface area (Å²) in [6.07, 6.45) is 3.36. The van der Waals surface area contributed by atoms with E-state index in [4.69, 9.17) is 5.73 Å². The zero-order valence-electron chi connectivity index (χ0n) is 11.1. The minimum atomic E-state index is 0.550. The SMILES string of the molecule is CCCc1c(N)ncnc1Nc1ccc(Br)cc1C.